The van der Waals surface area contributed by atoms with Crippen LogP contribution in [0, 0.1) is 5.92 Å². The van der Waals surface area contributed by atoms with Crippen molar-refractivity contribution in [3.63, 3.8) is 0 Å². The Kier molecular flexibility index (Phi) is 6.27. The van der Waals surface area contributed by atoms with Gasteiger partial charge in [0.25, 0.3) is 0 Å². The first-order valence-corrected chi connectivity index (χ1v) is 8.86. The van der Waals surface area contributed by atoms with Crippen LogP contribution in [0.2, 0.25) is 0 Å². The molecule has 1 fully saturated rings. The fraction of sp³-hybridized carbons (Fsp3) is 0.778. The molecule has 2 heterocycles. The second-order valence-electron chi connectivity index (χ2n) is 7.96. The molecule has 0 unspecified atom stereocenters. The lowest BCUT2D eigenvalue weighted by Crippen LogP contribution is -2.46. The Bertz CT molecular complexity index is 508. The van der Waals surface area contributed by atoms with Crippen molar-refractivity contribution in [1.82, 2.24) is 15.0 Å². The van der Waals surface area contributed by atoms with E-state index in [4.69, 9.17) is 9.26 Å². The summed E-state index contributed by atoms with van der Waals surface area (Å²) in [6.07, 6.45) is 3.68. The first-order valence-electron chi connectivity index (χ1n) is 8.86. The number of carbonyl (C=O) groups is 1. The van der Waals surface area contributed by atoms with Gasteiger partial charge in [-0.05, 0) is 59.9 Å². The molecular formula is C18H31N3O3. The van der Waals surface area contributed by atoms with Gasteiger partial charge in [0, 0.05) is 31.7 Å². The lowest BCUT2D eigenvalue weighted by atomic mass is 9.97. The molecule has 1 saturated heterocycles. The van der Waals surface area contributed by atoms with Gasteiger partial charge in [-0.25, -0.2) is 4.79 Å². The SMILES string of the molecule is CC(C)N(C[C@H]1CCCN(Cc2ccon2)C1)C(=O)OC(C)(C)C. The summed E-state index contributed by atoms with van der Waals surface area (Å²) >= 11 is 0. The fourth-order valence-corrected chi connectivity index (χ4v) is 3.09. The molecule has 1 aliphatic rings. The van der Waals surface area contributed by atoms with Gasteiger partial charge in [0.2, 0.25) is 0 Å². The summed E-state index contributed by atoms with van der Waals surface area (Å²) < 4.78 is 10.5. The minimum atomic E-state index is -0.463. The molecule has 1 aromatic heterocycles. The summed E-state index contributed by atoms with van der Waals surface area (Å²) in [7, 11) is 0. The van der Waals surface area contributed by atoms with E-state index >= 15 is 0 Å². The van der Waals surface area contributed by atoms with Gasteiger partial charge in [0.1, 0.15) is 11.9 Å². The molecule has 1 aromatic rings. The van der Waals surface area contributed by atoms with Crippen molar-refractivity contribution in [3.8, 4) is 0 Å². The van der Waals surface area contributed by atoms with Gasteiger partial charge >= 0.3 is 6.09 Å². The third kappa shape index (κ3) is 5.82. The highest BCUT2D eigenvalue weighted by atomic mass is 16.6. The largest absolute Gasteiger partial charge is 0.444 e. The molecule has 1 amide bonds. The summed E-state index contributed by atoms with van der Waals surface area (Å²) in [5.74, 6) is 0.459. The van der Waals surface area contributed by atoms with Crippen molar-refractivity contribution in [2.75, 3.05) is 19.6 Å². The van der Waals surface area contributed by atoms with E-state index in [0.29, 0.717) is 5.92 Å². The van der Waals surface area contributed by atoms with E-state index in [1.165, 1.54) is 0 Å². The van der Waals surface area contributed by atoms with Crippen LogP contribution in [-0.4, -0.2) is 52.3 Å². The lowest BCUT2D eigenvalue weighted by molar-refractivity contribution is 0.0117. The zero-order valence-corrected chi connectivity index (χ0v) is 15.6. The Morgan fingerprint density at radius 3 is 2.83 bits per heavy atom. The van der Waals surface area contributed by atoms with Crippen LogP contribution in [0.4, 0.5) is 4.79 Å². The van der Waals surface area contributed by atoms with Crippen molar-refractivity contribution >= 4 is 6.09 Å². The zero-order valence-electron chi connectivity index (χ0n) is 15.6. The van der Waals surface area contributed by atoms with E-state index in [2.05, 4.69) is 10.1 Å². The van der Waals surface area contributed by atoms with Crippen molar-refractivity contribution in [2.45, 2.75) is 65.6 Å². The summed E-state index contributed by atoms with van der Waals surface area (Å²) in [6.45, 7) is 13.4. The molecule has 2 rings (SSSR count). The molecule has 0 aliphatic carbocycles. The number of ether oxygens (including phenoxy) is 1. The van der Waals surface area contributed by atoms with Crippen molar-refractivity contribution in [1.29, 1.82) is 0 Å². The molecule has 136 valence electrons. The van der Waals surface area contributed by atoms with Gasteiger partial charge in [-0.15, -0.1) is 0 Å². The van der Waals surface area contributed by atoms with Crippen LogP contribution in [0.5, 0.6) is 0 Å². The van der Waals surface area contributed by atoms with Crippen LogP contribution in [-0.2, 0) is 11.3 Å². The van der Waals surface area contributed by atoms with Crippen LogP contribution < -0.4 is 0 Å². The van der Waals surface area contributed by atoms with Gasteiger partial charge in [0.05, 0.1) is 5.69 Å². The molecule has 24 heavy (non-hydrogen) atoms. The summed E-state index contributed by atoms with van der Waals surface area (Å²) in [6, 6.07) is 2.04. The molecular weight excluding hydrogens is 306 g/mol. The van der Waals surface area contributed by atoms with Crippen LogP contribution in [0.3, 0.4) is 0 Å². The van der Waals surface area contributed by atoms with Gasteiger partial charge in [-0.2, -0.15) is 0 Å². The Balaban J connectivity index is 1.92. The first-order chi connectivity index (χ1) is 11.2. The van der Waals surface area contributed by atoms with Crippen LogP contribution >= 0.6 is 0 Å². The third-order valence-corrected chi connectivity index (χ3v) is 4.19. The highest BCUT2D eigenvalue weighted by molar-refractivity contribution is 5.68. The summed E-state index contributed by atoms with van der Waals surface area (Å²) in [4.78, 5) is 16.7. The van der Waals surface area contributed by atoms with E-state index in [1.807, 2.05) is 45.6 Å². The predicted octanol–water partition coefficient (Wildman–Crippen LogP) is 3.53. The topological polar surface area (TPSA) is 58.8 Å². The number of hydrogen-bond donors (Lipinski definition) is 0. The number of nitrogens with zero attached hydrogens (tertiary/aromatic N) is 3. The standard InChI is InChI=1S/C18H31N3O3/c1-14(2)21(17(22)24-18(3,4)5)12-15-7-6-9-20(11-15)13-16-8-10-23-19-16/h8,10,14-15H,6-7,9,11-13H2,1-5H3/t15-/m0/s1. The quantitative estimate of drug-likeness (QED) is 0.822. The smallest absolute Gasteiger partial charge is 0.410 e. The lowest BCUT2D eigenvalue weighted by Gasteiger charge is -2.37. The molecule has 6 nitrogen and oxygen atoms in total. The number of carbonyl (C=O) groups excluding carboxylic acids is 1. The maximum absolute atomic E-state index is 12.5. The average molecular weight is 337 g/mol. The van der Waals surface area contributed by atoms with Crippen molar-refractivity contribution < 1.29 is 14.1 Å². The van der Waals surface area contributed by atoms with Gasteiger partial charge < -0.3 is 14.2 Å². The predicted molar refractivity (Wildman–Crippen MR) is 92.6 cm³/mol. The number of aromatic nitrogens is 1. The van der Waals surface area contributed by atoms with Crippen molar-refractivity contribution in [3.05, 3.63) is 18.0 Å². The van der Waals surface area contributed by atoms with Gasteiger partial charge in [-0.3, -0.25) is 4.90 Å². The monoisotopic (exact) mass is 337 g/mol. The molecule has 1 atom stereocenters. The average Bonchev–Trinajstić information content (AvgIpc) is 2.95. The maximum atomic E-state index is 12.5. The molecule has 0 aromatic carbocycles. The minimum Gasteiger partial charge on any atom is -0.444 e. The van der Waals surface area contributed by atoms with E-state index in [9.17, 15) is 4.79 Å². The van der Waals surface area contributed by atoms with Crippen LogP contribution in [0.15, 0.2) is 16.9 Å². The van der Waals surface area contributed by atoms with Crippen LogP contribution in [0.1, 0.15) is 53.2 Å². The van der Waals surface area contributed by atoms with E-state index < -0.39 is 5.60 Å². The normalized spacial score (nSPS) is 19.5. The van der Waals surface area contributed by atoms with E-state index in [1.54, 1.807) is 6.26 Å². The Morgan fingerprint density at radius 2 is 2.25 bits per heavy atom. The molecule has 0 N–H and O–H groups in total. The maximum Gasteiger partial charge on any atom is 0.410 e. The molecule has 0 radical (unpaired) electrons. The fourth-order valence-electron chi connectivity index (χ4n) is 3.09. The van der Waals surface area contributed by atoms with Crippen LogP contribution in [0.25, 0.3) is 0 Å². The number of piperidine rings is 1. The highest BCUT2D eigenvalue weighted by Crippen LogP contribution is 2.21. The number of likely N-dealkylation sites (tertiary alicyclic amines) is 1. The van der Waals surface area contributed by atoms with Gasteiger partial charge in [0.15, 0.2) is 0 Å². The highest BCUT2D eigenvalue weighted by Gasteiger charge is 2.29. The second-order valence-corrected chi connectivity index (χ2v) is 7.96. The Labute approximate surface area is 145 Å². The molecule has 6 heteroatoms. The van der Waals surface area contributed by atoms with E-state index in [-0.39, 0.29) is 12.1 Å². The number of amides is 1. The first kappa shape index (κ1) is 18.8. The number of rotatable bonds is 5. The summed E-state index contributed by atoms with van der Waals surface area (Å²) in [5, 5.41) is 3.99. The Morgan fingerprint density at radius 1 is 1.50 bits per heavy atom. The minimum absolute atomic E-state index is 0.130. The zero-order chi connectivity index (χ0) is 17.7. The molecule has 0 spiro atoms. The second kappa shape index (κ2) is 8.01. The third-order valence-electron chi connectivity index (χ3n) is 4.19. The number of hydrogen-bond acceptors (Lipinski definition) is 5. The molecule has 0 bridgehead atoms. The van der Waals surface area contributed by atoms with Crippen molar-refractivity contribution in [2.24, 2.45) is 5.92 Å². The van der Waals surface area contributed by atoms with E-state index in [0.717, 1.165) is 44.7 Å². The molecule has 0 saturated carbocycles. The summed E-state index contributed by atoms with van der Waals surface area (Å²) in [5.41, 5.74) is 0.499. The molecule has 1 aliphatic heterocycles. The van der Waals surface area contributed by atoms with Gasteiger partial charge in [-0.1, -0.05) is 5.16 Å². The Hall–Kier alpha value is -1.56.